The van der Waals surface area contributed by atoms with Crippen molar-refractivity contribution in [2.45, 2.75) is 32.6 Å². The SMILES string of the molecule is CCCCCC(=O)O.[Sb]. The Balaban J connectivity index is 0. The van der Waals surface area contributed by atoms with E-state index in [1.807, 2.05) is 0 Å². The first-order valence-corrected chi connectivity index (χ1v) is 2.99. The van der Waals surface area contributed by atoms with Crippen molar-refractivity contribution in [2.75, 3.05) is 0 Å². The molecule has 2 nitrogen and oxygen atoms in total. The molecular weight excluding hydrogens is 226 g/mol. The predicted molar refractivity (Wildman–Crippen MR) is 37.5 cm³/mol. The number of rotatable bonds is 4. The van der Waals surface area contributed by atoms with E-state index < -0.39 is 5.97 Å². The molecule has 53 valence electrons. The van der Waals surface area contributed by atoms with Crippen molar-refractivity contribution >= 4 is 30.4 Å². The van der Waals surface area contributed by atoms with Crippen LogP contribution in [0.3, 0.4) is 0 Å². The van der Waals surface area contributed by atoms with Gasteiger partial charge in [0.1, 0.15) is 0 Å². The van der Waals surface area contributed by atoms with Gasteiger partial charge in [-0.2, -0.15) is 0 Å². The molecule has 0 aromatic rings. The van der Waals surface area contributed by atoms with E-state index in [1.54, 1.807) is 0 Å². The Labute approximate surface area is 73.1 Å². The monoisotopic (exact) mass is 237 g/mol. The van der Waals surface area contributed by atoms with E-state index in [0.717, 1.165) is 19.3 Å². The van der Waals surface area contributed by atoms with E-state index in [1.165, 1.54) is 0 Å². The maximum Gasteiger partial charge on any atom is 0.303 e. The Hall–Kier alpha value is 0.288. The Morgan fingerprint density at radius 3 is 2.33 bits per heavy atom. The van der Waals surface area contributed by atoms with Gasteiger partial charge in [-0.1, -0.05) is 19.8 Å². The molecule has 0 bridgehead atoms. The summed E-state index contributed by atoms with van der Waals surface area (Å²) in [6.07, 6.45) is 3.28. The van der Waals surface area contributed by atoms with Gasteiger partial charge in [0.2, 0.25) is 0 Å². The van der Waals surface area contributed by atoms with E-state index in [-0.39, 0.29) is 24.4 Å². The third-order valence-corrected chi connectivity index (χ3v) is 0.994. The van der Waals surface area contributed by atoms with E-state index in [9.17, 15) is 4.79 Å². The molecular formula is C6H12O2Sb. The number of unbranched alkanes of at least 4 members (excludes halogenated alkanes) is 2. The average molecular weight is 238 g/mol. The average Bonchev–Trinajstić information content (AvgIpc) is 1.66. The van der Waals surface area contributed by atoms with Gasteiger partial charge in [0.25, 0.3) is 0 Å². The molecule has 0 saturated heterocycles. The molecule has 9 heavy (non-hydrogen) atoms. The van der Waals surface area contributed by atoms with Gasteiger partial charge in [-0.25, -0.2) is 0 Å². The summed E-state index contributed by atoms with van der Waals surface area (Å²) in [7, 11) is 0. The van der Waals surface area contributed by atoms with Crippen LogP contribution in [-0.2, 0) is 4.79 Å². The first-order chi connectivity index (χ1) is 3.77. The fourth-order valence-electron chi connectivity index (χ4n) is 0.526. The zero-order valence-electron chi connectivity index (χ0n) is 5.63. The van der Waals surface area contributed by atoms with Crippen molar-refractivity contribution in [2.24, 2.45) is 0 Å². The van der Waals surface area contributed by atoms with Crippen LogP contribution in [0.2, 0.25) is 0 Å². The van der Waals surface area contributed by atoms with E-state index in [2.05, 4.69) is 6.92 Å². The maximum absolute atomic E-state index is 9.87. The number of hydrogen-bond acceptors (Lipinski definition) is 1. The molecule has 0 rings (SSSR count). The van der Waals surface area contributed by atoms with Crippen LogP contribution in [0.4, 0.5) is 0 Å². The minimum absolute atomic E-state index is 0. The van der Waals surface area contributed by atoms with Gasteiger partial charge in [-0.15, -0.1) is 0 Å². The Morgan fingerprint density at radius 1 is 1.44 bits per heavy atom. The summed E-state index contributed by atoms with van der Waals surface area (Å²) < 4.78 is 0. The van der Waals surface area contributed by atoms with Gasteiger partial charge < -0.3 is 5.11 Å². The van der Waals surface area contributed by atoms with Crippen molar-refractivity contribution in [1.29, 1.82) is 0 Å². The largest absolute Gasteiger partial charge is 0.481 e. The van der Waals surface area contributed by atoms with E-state index in [0.29, 0.717) is 6.42 Å². The number of carboxylic acids is 1. The molecule has 0 fully saturated rings. The Morgan fingerprint density at radius 2 is 2.00 bits per heavy atom. The van der Waals surface area contributed by atoms with Crippen LogP contribution in [-0.4, -0.2) is 35.5 Å². The Kier molecular flexibility index (Phi) is 11.1. The fraction of sp³-hybridized carbons (Fsp3) is 0.833. The second-order valence-electron chi connectivity index (χ2n) is 1.85. The van der Waals surface area contributed by atoms with Crippen molar-refractivity contribution in [1.82, 2.24) is 0 Å². The standard InChI is InChI=1S/C6H12O2.Sb/c1-2-3-4-5-6(7)8;/h2-5H2,1H3,(H,7,8);. The second-order valence-corrected chi connectivity index (χ2v) is 1.85. The van der Waals surface area contributed by atoms with Crippen molar-refractivity contribution in [3.63, 3.8) is 0 Å². The van der Waals surface area contributed by atoms with E-state index in [4.69, 9.17) is 5.11 Å². The van der Waals surface area contributed by atoms with Crippen LogP contribution in [0.5, 0.6) is 0 Å². The molecule has 0 heterocycles. The number of carboxylic acid groups (broad SMARTS) is 1. The first kappa shape index (κ1) is 12.0. The van der Waals surface area contributed by atoms with Crippen LogP contribution in [0.15, 0.2) is 0 Å². The summed E-state index contributed by atoms with van der Waals surface area (Å²) in [6.45, 7) is 2.06. The van der Waals surface area contributed by atoms with Crippen molar-refractivity contribution < 1.29 is 9.90 Å². The smallest absolute Gasteiger partial charge is 0.303 e. The molecule has 0 atom stereocenters. The molecule has 0 aliphatic rings. The first-order valence-electron chi connectivity index (χ1n) is 2.99. The predicted octanol–water partition coefficient (Wildman–Crippen LogP) is 1.27. The van der Waals surface area contributed by atoms with Crippen LogP contribution in [0.1, 0.15) is 32.6 Å². The topological polar surface area (TPSA) is 37.3 Å². The van der Waals surface area contributed by atoms with Crippen LogP contribution in [0, 0.1) is 0 Å². The summed E-state index contributed by atoms with van der Waals surface area (Å²) in [5.74, 6) is -0.682. The maximum atomic E-state index is 9.87. The van der Waals surface area contributed by atoms with Crippen LogP contribution < -0.4 is 0 Å². The molecule has 0 saturated carbocycles. The van der Waals surface area contributed by atoms with Gasteiger partial charge in [-0.3, -0.25) is 4.79 Å². The van der Waals surface area contributed by atoms with Gasteiger partial charge in [0, 0.05) is 30.8 Å². The van der Waals surface area contributed by atoms with Gasteiger partial charge >= 0.3 is 5.97 Å². The third kappa shape index (κ3) is 11.7. The van der Waals surface area contributed by atoms with Gasteiger partial charge in [0.15, 0.2) is 0 Å². The fourth-order valence-corrected chi connectivity index (χ4v) is 0.526. The number of aliphatic carboxylic acids is 1. The molecule has 0 aliphatic carbocycles. The normalized spacial score (nSPS) is 8.11. The van der Waals surface area contributed by atoms with Gasteiger partial charge in [0.05, 0.1) is 0 Å². The molecule has 3 radical (unpaired) electrons. The zero-order chi connectivity index (χ0) is 6.41. The summed E-state index contributed by atoms with van der Waals surface area (Å²) in [4.78, 5) is 9.87. The molecule has 1 N–H and O–H groups in total. The van der Waals surface area contributed by atoms with Crippen molar-refractivity contribution in [3.8, 4) is 0 Å². The molecule has 0 aliphatic heterocycles. The minimum atomic E-state index is -0.682. The van der Waals surface area contributed by atoms with Crippen LogP contribution >= 0.6 is 0 Å². The summed E-state index contributed by atoms with van der Waals surface area (Å²) in [6, 6.07) is 0. The van der Waals surface area contributed by atoms with Crippen molar-refractivity contribution in [3.05, 3.63) is 0 Å². The molecule has 0 aromatic carbocycles. The summed E-state index contributed by atoms with van der Waals surface area (Å²) in [5.41, 5.74) is 0. The molecule has 0 amide bonds. The van der Waals surface area contributed by atoms with Gasteiger partial charge in [-0.05, 0) is 6.42 Å². The molecule has 0 spiro atoms. The Bertz CT molecular complexity index is 73.5. The number of hydrogen-bond donors (Lipinski definition) is 1. The third-order valence-electron chi connectivity index (χ3n) is 0.994. The molecule has 3 heteroatoms. The molecule has 0 unspecified atom stereocenters. The minimum Gasteiger partial charge on any atom is -0.481 e. The zero-order valence-corrected chi connectivity index (χ0v) is 8.18. The van der Waals surface area contributed by atoms with E-state index >= 15 is 0 Å². The summed E-state index contributed by atoms with van der Waals surface area (Å²) in [5, 5.41) is 8.14. The van der Waals surface area contributed by atoms with Crippen LogP contribution in [0.25, 0.3) is 0 Å². The quantitative estimate of drug-likeness (QED) is 0.591. The second kappa shape index (κ2) is 8.29. The summed E-state index contributed by atoms with van der Waals surface area (Å²) >= 11 is 0. The number of carbonyl (C=O) groups is 1. The molecule has 0 aromatic heterocycles.